The zero-order chi connectivity index (χ0) is 12.5. The number of fused-ring (bicyclic) bond motifs is 1. The van der Waals surface area contributed by atoms with Crippen molar-refractivity contribution in [3.05, 3.63) is 47.5 Å². The lowest BCUT2D eigenvalue weighted by atomic mass is 9.74. The molecule has 2 aliphatic rings. The number of nitrogens with one attached hydrogen (secondary N) is 1. The second-order valence-electron chi connectivity index (χ2n) is 5.05. The van der Waals surface area contributed by atoms with Crippen molar-refractivity contribution in [2.45, 2.75) is 19.8 Å². The minimum absolute atomic E-state index is 0.124. The first kappa shape index (κ1) is 11.2. The lowest BCUT2D eigenvalue weighted by Gasteiger charge is -2.31. The second kappa shape index (κ2) is 4.41. The van der Waals surface area contributed by atoms with Crippen LogP contribution in [-0.4, -0.2) is 11.6 Å². The maximum Gasteiger partial charge on any atom is 0.271 e. The molecule has 0 spiro atoms. The molecule has 3 nitrogen and oxygen atoms in total. The van der Waals surface area contributed by atoms with E-state index in [-0.39, 0.29) is 5.91 Å². The van der Waals surface area contributed by atoms with E-state index in [2.05, 4.69) is 22.7 Å². The van der Waals surface area contributed by atoms with Gasteiger partial charge in [0.05, 0.1) is 0 Å². The summed E-state index contributed by atoms with van der Waals surface area (Å²) in [6.45, 7) is 1.98. The van der Waals surface area contributed by atoms with Crippen molar-refractivity contribution < 1.29 is 4.79 Å². The normalized spacial score (nSPS) is 26.8. The van der Waals surface area contributed by atoms with Gasteiger partial charge in [0.2, 0.25) is 0 Å². The van der Waals surface area contributed by atoms with E-state index in [1.807, 2.05) is 31.2 Å². The molecule has 2 unspecified atom stereocenters. The molecular weight excluding hydrogens is 224 g/mol. The van der Waals surface area contributed by atoms with E-state index >= 15 is 0 Å². The molecule has 2 aliphatic carbocycles. The van der Waals surface area contributed by atoms with Crippen LogP contribution in [0.5, 0.6) is 0 Å². The number of aryl methyl sites for hydroxylation is 1. The van der Waals surface area contributed by atoms with E-state index in [1.165, 1.54) is 0 Å². The van der Waals surface area contributed by atoms with Crippen LogP contribution in [0.25, 0.3) is 0 Å². The van der Waals surface area contributed by atoms with Crippen LogP contribution >= 0.6 is 0 Å². The average Bonchev–Trinajstić information content (AvgIpc) is 2.71. The minimum Gasteiger partial charge on any atom is -0.267 e. The molecule has 0 aliphatic heterocycles. The first-order valence-corrected chi connectivity index (χ1v) is 6.34. The van der Waals surface area contributed by atoms with Gasteiger partial charge in [0, 0.05) is 17.2 Å². The van der Waals surface area contributed by atoms with Gasteiger partial charge < -0.3 is 0 Å². The number of hydrogen-bond donors (Lipinski definition) is 1. The quantitative estimate of drug-likeness (QED) is 0.626. The van der Waals surface area contributed by atoms with Crippen LogP contribution in [0.4, 0.5) is 0 Å². The summed E-state index contributed by atoms with van der Waals surface area (Å²) < 4.78 is 0. The fourth-order valence-corrected chi connectivity index (χ4v) is 2.64. The van der Waals surface area contributed by atoms with Crippen molar-refractivity contribution in [1.82, 2.24) is 5.43 Å². The van der Waals surface area contributed by atoms with Crippen LogP contribution in [0, 0.1) is 18.8 Å². The highest BCUT2D eigenvalue weighted by atomic mass is 16.2. The second-order valence-corrected chi connectivity index (χ2v) is 5.05. The van der Waals surface area contributed by atoms with Crippen molar-refractivity contribution >= 4 is 11.6 Å². The van der Waals surface area contributed by atoms with Crippen LogP contribution in [0.15, 0.2) is 41.5 Å². The molecule has 1 N–H and O–H groups in total. The fraction of sp³-hybridized carbons (Fsp3) is 0.333. The number of nitrogens with zero attached hydrogens (tertiary/aromatic N) is 1. The Morgan fingerprint density at radius 3 is 3.11 bits per heavy atom. The van der Waals surface area contributed by atoms with Crippen molar-refractivity contribution in [1.29, 1.82) is 0 Å². The summed E-state index contributed by atoms with van der Waals surface area (Å²) in [5.41, 5.74) is 5.54. The smallest absolute Gasteiger partial charge is 0.267 e. The molecule has 0 bridgehead atoms. The fourth-order valence-electron chi connectivity index (χ4n) is 2.64. The number of carbonyl (C=O) groups is 1. The third-order valence-electron chi connectivity index (χ3n) is 3.74. The molecule has 0 radical (unpaired) electrons. The summed E-state index contributed by atoms with van der Waals surface area (Å²) in [5, 5.41) is 4.26. The average molecular weight is 240 g/mol. The summed E-state index contributed by atoms with van der Waals surface area (Å²) >= 11 is 0. The van der Waals surface area contributed by atoms with Crippen LogP contribution in [0.3, 0.4) is 0 Å². The summed E-state index contributed by atoms with van der Waals surface area (Å²) in [6.07, 6.45) is 6.53. The Morgan fingerprint density at radius 1 is 1.44 bits per heavy atom. The van der Waals surface area contributed by atoms with Crippen molar-refractivity contribution in [2.75, 3.05) is 0 Å². The Kier molecular flexibility index (Phi) is 2.74. The zero-order valence-electron chi connectivity index (χ0n) is 10.4. The van der Waals surface area contributed by atoms with Crippen molar-refractivity contribution in [3.63, 3.8) is 0 Å². The van der Waals surface area contributed by atoms with Crippen molar-refractivity contribution in [2.24, 2.45) is 16.9 Å². The lowest BCUT2D eigenvalue weighted by Crippen LogP contribution is -2.35. The predicted molar refractivity (Wildman–Crippen MR) is 71.4 cm³/mol. The highest BCUT2D eigenvalue weighted by Crippen LogP contribution is 2.40. The van der Waals surface area contributed by atoms with E-state index in [4.69, 9.17) is 0 Å². The van der Waals surface area contributed by atoms with Crippen LogP contribution in [0.1, 0.15) is 28.8 Å². The molecule has 92 valence electrons. The van der Waals surface area contributed by atoms with Crippen LogP contribution < -0.4 is 5.43 Å². The molecule has 0 saturated heterocycles. The number of carbonyl (C=O) groups excluding carboxylic acids is 1. The van der Waals surface area contributed by atoms with Gasteiger partial charge in [-0.1, -0.05) is 29.8 Å². The third-order valence-corrected chi connectivity index (χ3v) is 3.74. The molecule has 3 rings (SSSR count). The largest absolute Gasteiger partial charge is 0.271 e. The van der Waals surface area contributed by atoms with E-state index < -0.39 is 0 Å². The SMILES string of the molecule is Cc1cccc(C(=O)NN=C2CC3C=CCC23)c1. The maximum atomic E-state index is 11.9. The van der Waals surface area contributed by atoms with Gasteiger partial charge >= 0.3 is 0 Å². The van der Waals surface area contributed by atoms with Gasteiger partial charge in [-0.25, -0.2) is 5.43 Å². The van der Waals surface area contributed by atoms with Gasteiger partial charge in [0.1, 0.15) is 0 Å². The highest BCUT2D eigenvalue weighted by molar-refractivity contribution is 5.98. The van der Waals surface area contributed by atoms with E-state index in [9.17, 15) is 4.79 Å². The Hall–Kier alpha value is -1.90. The molecule has 1 saturated carbocycles. The van der Waals surface area contributed by atoms with E-state index in [1.54, 1.807) is 0 Å². The Bertz CT molecular complexity index is 545. The maximum absolute atomic E-state index is 11.9. The molecule has 1 amide bonds. The van der Waals surface area contributed by atoms with Gasteiger partial charge in [-0.05, 0) is 37.8 Å². The Labute approximate surface area is 107 Å². The number of allylic oxidation sites excluding steroid dienone is 2. The summed E-state index contributed by atoms with van der Waals surface area (Å²) in [4.78, 5) is 11.9. The molecule has 1 aromatic rings. The zero-order valence-corrected chi connectivity index (χ0v) is 10.4. The Balaban J connectivity index is 1.64. The van der Waals surface area contributed by atoms with Gasteiger partial charge in [0.15, 0.2) is 0 Å². The van der Waals surface area contributed by atoms with Crippen LogP contribution in [-0.2, 0) is 0 Å². The van der Waals surface area contributed by atoms with Gasteiger partial charge in [-0.3, -0.25) is 4.79 Å². The lowest BCUT2D eigenvalue weighted by molar-refractivity contribution is 0.0954. The van der Waals surface area contributed by atoms with Crippen LogP contribution in [0.2, 0.25) is 0 Å². The number of amides is 1. The monoisotopic (exact) mass is 240 g/mol. The minimum atomic E-state index is -0.124. The Morgan fingerprint density at radius 2 is 2.33 bits per heavy atom. The first-order valence-electron chi connectivity index (χ1n) is 6.34. The topological polar surface area (TPSA) is 41.5 Å². The van der Waals surface area contributed by atoms with Gasteiger partial charge in [0.25, 0.3) is 5.91 Å². The number of rotatable bonds is 2. The molecule has 2 atom stereocenters. The number of hydrogen-bond acceptors (Lipinski definition) is 2. The van der Waals surface area contributed by atoms with Gasteiger partial charge in [-0.2, -0.15) is 5.10 Å². The first-order chi connectivity index (χ1) is 8.74. The van der Waals surface area contributed by atoms with Gasteiger partial charge in [-0.15, -0.1) is 0 Å². The molecular formula is C15H16N2O. The van der Waals surface area contributed by atoms with E-state index in [0.29, 0.717) is 17.4 Å². The third kappa shape index (κ3) is 1.96. The summed E-state index contributed by atoms with van der Waals surface area (Å²) in [6, 6.07) is 7.54. The molecule has 0 heterocycles. The molecule has 1 aromatic carbocycles. The molecule has 1 fully saturated rings. The molecule has 3 heteroatoms. The molecule has 0 aromatic heterocycles. The standard InChI is InChI=1S/C15H16N2O/c1-10-4-2-6-12(8-10)15(18)17-16-14-9-11-5-3-7-13(11)14/h2-6,8,11,13H,7,9H2,1H3,(H,17,18). The predicted octanol–water partition coefficient (Wildman–Crippen LogP) is 2.68. The van der Waals surface area contributed by atoms with E-state index in [0.717, 1.165) is 24.1 Å². The molecule has 18 heavy (non-hydrogen) atoms. The summed E-state index contributed by atoms with van der Waals surface area (Å²) in [7, 11) is 0. The number of hydrazone groups is 1. The van der Waals surface area contributed by atoms with Crippen molar-refractivity contribution in [3.8, 4) is 0 Å². The summed E-state index contributed by atoms with van der Waals surface area (Å²) in [5.74, 6) is 1.09. The highest BCUT2D eigenvalue weighted by Gasteiger charge is 2.37. The number of benzene rings is 1.